The van der Waals surface area contributed by atoms with E-state index in [1.807, 2.05) is 42.5 Å². The Morgan fingerprint density at radius 3 is 2.61 bits per heavy atom. The third-order valence-corrected chi connectivity index (χ3v) is 5.76. The molecule has 2 amide bonds. The molecule has 164 valence electrons. The molecule has 0 spiro atoms. The molecule has 2 aliphatic rings. The molecule has 0 bridgehead atoms. The summed E-state index contributed by atoms with van der Waals surface area (Å²) in [6, 6.07) is 12.9. The number of rotatable bonds is 6. The SMILES string of the molecule is COc1ccccc1N1CC(C(=O)NC(c2ccc3c(c2)OCCO3)C(C)C)CC1=O. The number of hydrogen-bond donors (Lipinski definition) is 1. The Morgan fingerprint density at radius 2 is 1.87 bits per heavy atom. The van der Waals surface area contributed by atoms with E-state index in [1.54, 1.807) is 12.0 Å². The van der Waals surface area contributed by atoms with Gasteiger partial charge in [0.25, 0.3) is 0 Å². The van der Waals surface area contributed by atoms with Gasteiger partial charge in [-0.2, -0.15) is 0 Å². The van der Waals surface area contributed by atoms with Gasteiger partial charge in [-0.1, -0.05) is 32.0 Å². The molecule has 1 fully saturated rings. The van der Waals surface area contributed by atoms with E-state index in [4.69, 9.17) is 14.2 Å². The molecule has 2 atom stereocenters. The number of nitrogens with zero attached hydrogens (tertiary/aromatic N) is 1. The zero-order valence-electron chi connectivity index (χ0n) is 18.1. The minimum absolute atomic E-state index is 0.0786. The maximum Gasteiger partial charge on any atom is 0.227 e. The Balaban J connectivity index is 1.49. The maximum atomic E-state index is 13.1. The molecule has 2 aliphatic heterocycles. The monoisotopic (exact) mass is 424 g/mol. The van der Waals surface area contributed by atoms with Crippen LogP contribution in [0.25, 0.3) is 0 Å². The number of carbonyl (C=O) groups is 2. The van der Waals surface area contributed by atoms with E-state index in [0.29, 0.717) is 36.9 Å². The van der Waals surface area contributed by atoms with Crippen LogP contribution in [0.4, 0.5) is 5.69 Å². The molecule has 2 unspecified atom stereocenters. The fourth-order valence-corrected chi connectivity index (χ4v) is 4.13. The van der Waals surface area contributed by atoms with Crippen LogP contribution in [0.15, 0.2) is 42.5 Å². The van der Waals surface area contributed by atoms with Gasteiger partial charge < -0.3 is 24.4 Å². The summed E-state index contributed by atoms with van der Waals surface area (Å²) in [6.45, 7) is 5.50. The Labute approximate surface area is 182 Å². The van der Waals surface area contributed by atoms with Crippen LogP contribution in [0, 0.1) is 11.8 Å². The van der Waals surface area contributed by atoms with Crippen LogP contribution in [0.2, 0.25) is 0 Å². The fraction of sp³-hybridized carbons (Fsp3) is 0.417. The lowest BCUT2D eigenvalue weighted by Crippen LogP contribution is -2.37. The minimum Gasteiger partial charge on any atom is -0.495 e. The highest BCUT2D eigenvalue weighted by atomic mass is 16.6. The van der Waals surface area contributed by atoms with E-state index < -0.39 is 5.92 Å². The highest BCUT2D eigenvalue weighted by Gasteiger charge is 2.37. The molecule has 1 saturated heterocycles. The van der Waals surface area contributed by atoms with Gasteiger partial charge in [-0.25, -0.2) is 0 Å². The van der Waals surface area contributed by atoms with Crippen molar-refractivity contribution >= 4 is 17.5 Å². The number of ether oxygens (including phenoxy) is 3. The van der Waals surface area contributed by atoms with Gasteiger partial charge in [-0.15, -0.1) is 0 Å². The first-order valence-electron chi connectivity index (χ1n) is 10.6. The van der Waals surface area contributed by atoms with Crippen molar-refractivity contribution in [2.45, 2.75) is 26.3 Å². The lowest BCUT2D eigenvalue weighted by atomic mass is 9.94. The summed E-state index contributed by atoms with van der Waals surface area (Å²) in [6.07, 6.45) is 0.176. The average Bonchev–Trinajstić information content (AvgIpc) is 3.18. The van der Waals surface area contributed by atoms with Crippen molar-refractivity contribution in [3.63, 3.8) is 0 Å². The van der Waals surface area contributed by atoms with Gasteiger partial charge in [0, 0.05) is 13.0 Å². The second-order valence-electron chi connectivity index (χ2n) is 8.21. The number of carbonyl (C=O) groups excluding carboxylic acids is 2. The van der Waals surface area contributed by atoms with Crippen molar-refractivity contribution < 1.29 is 23.8 Å². The van der Waals surface area contributed by atoms with Crippen molar-refractivity contribution in [3.8, 4) is 17.2 Å². The summed E-state index contributed by atoms with van der Waals surface area (Å²) >= 11 is 0. The number of amides is 2. The number of anilines is 1. The number of para-hydroxylation sites is 2. The number of nitrogens with one attached hydrogen (secondary N) is 1. The number of benzene rings is 2. The summed E-state index contributed by atoms with van der Waals surface area (Å²) < 4.78 is 16.7. The number of methoxy groups -OCH3 is 1. The van der Waals surface area contributed by atoms with E-state index in [1.165, 1.54) is 0 Å². The molecule has 0 saturated carbocycles. The van der Waals surface area contributed by atoms with E-state index in [0.717, 1.165) is 11.3 Å². The lowest BCUT2D eigenvalue weighted by Gasteiger charge is -2.26. The summed E-state index contributed by atoms with van der Waals surface area (Å²) in [5.74, 6) is 1.57. The molecule has 1 N–H and O–H groups in total. The second kappa shape index (κ2) is 8.88. The van der Waals surface area contributed by atoms with E-state index in [-0.39, 0.29) is 30.2 Å². The summed E-state index contributed by atoms with van der Waals surface area (Å²) in [4.78, 5) is 27.4. The zero-order valence-corrected chi connectivity index (χ0v) is 18.1. The van der Waals surface area contributed by atoms with E-state index in [2.05, 4.69) is 19.2 Å². The van der Waals surface area contributed by atoms with Crippen LogP contribution in [0.5, 0.6) is 17.2 Å². The quantitative estimate of drug-likeness (QED) is 0.770. The molecule has 7 nitrogen and oxygen atoms in total. The first-order chi connectivity index (χ1) is 15.0. The summed E-state index contributed by atoms with van der Waals surface area (Å²) in [5, 5.41) is 3.16. The van der Waals surface area contributed by atoms with Crippen molar-refractivity contribution in [2.24, 2.45) is 11.8 Å². The predicted molar refractivity (Wildman–Crippen MR) is 117 cm³/mol. The predicted octanol–water partition coefficient (Wildman–Crippen LogP) is 3.33. The topological polar surface area (TPSA) is 77.1 Å². The smallest absolute Gasteiger partial charge is 0.227 e. The standard InChI is InChI=1S/C24H28N2O5/c1-15(2)23(16-8-9-20-21(12-16)31-11-10-30-20)25-24(28)17-13-22(27)26(14-17)18-6-4-5-7-19(18)29-3/h4-9,12,15,17,23H,10-11,13-14H2,1-3H3,(H,25,28). The molecular weight excluding hydrogens is 396 g/mol. The van der Waals surface area contributed by atoms with Crippen molar-refractivity contribution in [1.82, 2.24) is 5.32 Å². The molecule has 7 heteroatoms. The van der Waals surface area contributed by atoms with Crippen LogP contribution in [-0.2, 0) is 9.59 Å². The molecule has 0 radical (unpaired) electrons. The van der Waals surface area contributed by atoms with Gasteiger partial charge in [0.15, 0.2) is 11.5 Å². The highest BCUT2D eigenvalue weighted by Crippen LogP contribution is 2.36. The molecule has 0 aromatic heterocycles. The number of hydrogen-bond acceptors (Lipinski definition) is 5. The Morgan fingerprint density at radius 1 is 1.13 bits per heavy atom. The first-order valence-corrected chi connectivity index (χ1v) is 10.6. The third-order valence-electron chi connectivity index (χ3n) is 5.76. The fourth-order valence-electron chi connectivity index (χ4n) is 4.13. The van der Waals surface area contributed by atoms with Crippen molar-refractivity contribution in [1.29, 1.82) is 0 Å². The van der Waals surface area contributed by atoms with Gasteiger partial charge in [0.2, 0.25) is 11.8 Å². The largest absolute Gasteiger partial charge is 0.495 e. The highest BCUT2D eigenvalue weighted by molar-refractivity contribution is 6.01. The van der Waals surface area contributed by atoms with Crippen LogP contribution in [0.3, 0.4) is 0 Å². The Kier molecular flexibility index (Phi) is 6.02. The molecule has 31 heavy (non-hydrogen) atoms. The van der Waals surface area contributed by atoms with Crippen LogP contribution >= 0.6 is 0 Å². The van der Waals surface area contributed by atoms with Crippen LogP contribution in [0.1, 0.15) is 31.9 Å². The normalized spacial score (nSPS) is 18.8. The lowest BCUT2D eigenvalue weighted by molar-refractivity contribution is -0.127. The van der Waals surface area contributed by atoms with Crippen LogP contribution < -0.4 is 24.4 Å². The maximum absolute atomic E-state index is 13.1. The molecule has 2 aromatic rings. The molecule has 2 heterocycles. The average molecular weight is 424 g/mol. The van der Waals surface area contributed by atoms with Gasteiger partial charge in [-0.3, -0.25) is 9.59 Å². The van der Waals surface area contributed by atoms with Crippen LogP contribution in [-0.4, -0.2) is 38.7 Å². The van der Waals surface area contributed by atoms with E-state index >= 15 is 0 Å². The Bertz CT molecular complexity index is 974. The second-order valence-corrected chi connectivity index (χ2v) is 8.21. The zero-order chi connectivity index (χ0) is 22.0. The molecular formula is C24H28N2O5. The molecule has 2 aromatic carbocycles. The summed E-state index contributed by atoms with van der Waals surface area (Å²) in [5.41, 5.74) is 1.65. The first kappa shape index (κ1) is 21.0. The number of fused-ring (bicyclic) bond motifs is 1. The van der Waals surface area contributed by atoms with Gasteiger partial charge >= 0.3 is 0 Å². The van der Waals surface area contributed by atoms with E-state index in [9.17, 15) is 9.59 Å². The Hall–Kier alpha value is -3.22. The van der Waals surface area contributed by atoms with Gasteiger partial charge in [0.05, 0.1) is 24.8 Å². The van der Waals surface area contributed by atoms with Gasteiger partial charge in [0.1, 0.15) is 19.0 Å². The third kappa shape index (κ3) is 4.31. The molecule has 0 aliphatic carbocycles. The van der Waals surface area contributed by atoms with Crippen molar-refractivity contribution in [2.75, 3.05) is 31.8 Å². The minimum atomic E-state index is -0.420. The van der Waals surface area contributed by atoms with Crippen molar-refractivity contribution in [3.05, 3.63) is 48.0 Å². The van der Waals surface area contributed by atoms with Gasteiger partial charge in [-0.05, 0) is 35.7 Å². The summed E-state index contributed by atoms with van der Waals surface area (Å²) in [7, 11) is 1.57. The molecule has 4 rings (SSSR count).